The molecule has 1 aliphatic carbocycles. The minimum atomic E-state index is -2.78. The average molecular weight is 880 g/mol. The number of para-hydroxylation sites is 1. The smallest absolute Gasteiger partial charge is 0.329 e. The summed E-state index contributed by atoms with van der Waals surface area (Å²) in [5.74, 6) is 0.609. The van der Waals surface area contributed by atoms with Gasteiger partial charge < -0.3 is 19.4 Å². The highest BCUT2D eigenvalue weighted by atomic mass is 19.3. The molecule has 0 spiro atoms. The standard InChI is InChI=1S/C43H51F2N15O4/c1-52-39-32(3-2-4-33(39)60(43(52)63)34-9-10-37(61)48-42(34)62)56-23-29(24-56)54-15-13-53(14-16-54)22-27-5-7-28(8-6-27)58-26-35(38(50-58)40(44)45)59-25-31(49-51-59)30-21-46-57-12-11-36(47-41(30)57)55-17-19-64-20-18-55/h2-4,11-12,21,25-29,34,40H,5-10,13-20,22-24H2,1H3,(H,48,61,62). The Morgan fingerprint density at radius 3 is 2.45 bits per heavy atom. The van der Waals surface area contributed by atoms with Crippen LogP contribution in [0, 0.1) is 5.92 Å². The number of benzene rings is 1. The van der Waals surface area contributed by atoms with Crippen molar-refractivity contribution in [2.75, 3.05) is 81.9 Å². The van der Waals surface area contributed by atoms with Gasteiger partial charge in [-0.15, -0.1) is 5.10 Å². The van der Waals surface area contributed by atoms with Gasteiger partial charge in [-0.25, -0.2) is 27.8 Å². The molecule has 5 aliphatic rings. The lowest BCUT2D eigenvalue weighted by molar-refractivity contribution is -0.135. The van der Waals surface area contributed by atoms with Crippen molar-refractivity contribution in [3.05, 3.63) is 65.2 Å². The number of alkyl halides is 2. The number of aryl methyl sites for hydroxylation is 1. The second kappa shape index (κ2) is 16.5. The van der Waals surface area contributed by atoms with Gasteiger partial charge in [0, 0.05) is 84.6 Å². The second-order valence-electron chi connectivity index (χ2n) is 17.8. The number of aromatic nitrogens is 10. The van der Waals surface area contributed by atoms with E-state index in [0.717, 1.165) is 102 Å². The molecular weight excluding hydrogens is 829 g/mol. The highest BCUT2D eigenvalue weighted by Gasteiger charge is 2.37. The molecule has 336 valence electrons. The van der Waals surface area contributed by atoms with Gasteiger partial charge in [-0.2, -0.15) is 10.2 Å². The molecule has 4 aliphatic heterocycles. The second-order valence-corrected chi connectivity index (χ2v) is 17.8. The van der Waals surface area contributed by atoms with Gasteiger partial charge in [-0.3, -0.25) is 33.6 Å². The fourth-order valence-electron chi connectivity index (χ4n) is 10.5. The number of carbonyl (C=O) groups is 2. The van der Waals surface area contributed by atoms with Gasteiger partial charge in [0.25, 0.3) is 6.43 Å². The highest BCUT2D eigenvalue weighted by Crippen LogP contribution is 2.37. The molecule has 2 amide bonds. The zero-order valence-corrected chi connectivity index (χ0v) is 35.7. The molecule has 0 radical (unpaired) electrons. The van der Waals surface area contributed by atoms with E-state index in [9.17, 15) is 23.2 Å². The van der Waals surface area contributed by atoms with E-state index in [1.54, 1.807) is 44.0 Å². The van der Waals surface area contributed by atoms with Crippen molar-refractivity contribution >= 4 is 40.0 Å². The van der Waals surface area contributed by atoms with Crippen molar-refractivity contribution in [1.29, 1.82) is 0 Å². The topological polar surface area (TPSA) is 174 Å². The first kappa shape index (κ1) is 40.7. The lowest BCUT2D eigenvalue weighted by atomic mass is 9.85. The lowest BCUT2D eigenvalue weighted by Crippen LogP contribution is -2.63. The Morgan fingerprint density at radius 1 is 0.891 bits per heavy atom. The van der Waals surface area contributed by atoms with Gasteiger partial charge in [-0.05, 0) is 56.2 Å². The number of amides is 2. The fourth-order valence-corrected chi connectivity index (χ4v) is 10.5. The first-order valence-corrected chi connectivity index (χ1v) is 22.4. The number of fused-ring (bicyclic) bond motifs is 2. The van der Waals surface area contributed by atoms with Gasteiger partial charge in [0.05, 0.1) is 60.1 Å². The number of imidazole rings is 1. The van der Waals surface area contributed by atoms with Crippen LogP contribution in [0.3, 0.4) is 0 Å². The van der Waals surface area contributed by atoms with Crippen LogP contribution in [-0.2, 0) is 21.4 Å². The summed E-state index contributed by atoms with van der Waals surface area (Å²) in [4.78, 5) is 52.4. The maximum atomic E-state index is 14.5. The zero-order chi connectivity index (χ0) is 43.6. The molecule has 64 heavy (non-hydrogen) atoms. The first-order valence-electron chi connectivity index (χ1n) is 22.4. The van der Waals surface area contributed by atoms with E-state index >= 15 is 0 Å². The van der Waals surface area contributed by atoms with Gasteiger partial charge in [0.2, 0.25) is 11.8 Å². The Hall–Kier alpha value is -6.06. The molecule has 5 aromatic heterocycles. The van der Waals surface area contributed by atoms with Crippen LogP contribution in [-0.4, -0.2) is 148 Å². The summed E-state index contributed by atoms with van der Waals surface area (Å²) < 4.78 is 42.4. The summed E-state index contributed by atoms with van der Waals surface area (Å²) in [6, 6.07) is 7.50. The van der Waals surface area contributed by atoms with Gasteiger partial charge in [0.1, 0.15) is 23.2 Å². The number of imide groups is 1. The molecule has 0 bridgehead atoms. The van der Waals surface area contributed by atoms with E-state index in [1.165, 1.54) is 4.68 Å². The predicted octanol–water partition coefficient (Wildman–Crippen LogP) is 2.82. The van der Waals surface area contributed by atoms with Crippen molar-refractivity contribution in [2.24, 2.45) is 13.0 Å². The van der Waals surface area contributed by atoms with Crippen molar-refractivity contribution in [2.45, 2.75) is 63.1 Å². The number of anilines is 2. The maximum absolute atomic E-state index is 14.5. The van der Waals surface area contributed by atoms with Gasteiger partial charge in [-0.1, -0.05) is 11.3 Å². The number of piperazine rings is 1. The molecule has 4 saturated heterocycles. The molecule has 21 heteroatoms. The molecule has 1 aromatic carbocycles. The van der Waals surface area contributed by atoms with Crippen LogP contribution in [0.25, 0.3) is 33.6 Å². The number of ether oxygens (including phenoxy) is 1. The van der Waals surface area contributed by atoms with Crippen LogP contribution >= 0.6 is 0 Å². The number of hydrogen-bond acceptors (Lipinski definition) is 13. The molecule has 9 heterocycles. The summed E-state index contributed by atoms with van der Waals surface area (Å²) >= 11 is 0. The molecule has 11 rings (SSSR count). The number of morpholine rings is 1. The maximum Gasteiger partial charge on any atom is 0.329 e. The molecule has 1 N–H and O–H groups in total. The van der Waals surface area contributed by atoms with E-state index < -0.39 is 18.4 Å². The summed E-state index contributed by atoms with van der Waals surface area (Å²) in [5, 5.41) is 19.9. The van der Waals surface area contributed by atoms with Crippen LogP contribution in [0.1, 0.15) is 62.7 Å². The fraction of sp³-hybridized carbons (Fsp3) is 0.535. The average Bonchev–Trinajstić information content (AvgIpc) is 4.10. The van der Waals surface area contributed by atoms with Crippen LogP contribution in [0.4, 0.5) is 20.3 Å². The summed E-state index contributed by atoms with van der Waals surface area (Å²) in [5.41, 5.74) is 3.87. The van der Waals surface area contributed by atoms with E-state index in [1.807, 2.05) is 30.5 Å². The molecule has 1 unspecified atom stereocenters. The van der Waals surface area contributed by atoms with Gasteiger partial charge >= 0.3 is 5.69 Å². The quantitative estimate of drug-likeness (QED) is 0.199. The summed E-state index contributed by atoms with van der Waals surface area (Å²) in [6.07, 6.45) is 8.32. The number of rotatable bonds is 10. The van der Waals surface area contributed by atoms with Crippen LogP contribution < -0.4 is 20.8 Å². The molecule has 1 atom stereocenters. The minimum Gasteiger partial charge on any atom is -0.378 e. The summed E-state index contributed by atoms with van der Waals surface area (Å²) in [6.45, 7) is 9.47. The Bertz CT molecular complexity index is 2770. The number of halogens is 2. The molecule has 5 fully saturated rings. The van der Waals surface area contributed by atoms with Crippen LogP contribution in [0.5, 0.6) is 0 Å². The number of nitrogens with one attached hydrogen (secondary N) is 1. The van der Waals surface area contributed by atoms with Crippen molar-refractivity contribution in [3.8, 4) is 16.9 Å². The third kappa shape index (κ3) is 7.31. The molecule has 6 aromatic rings. The van der Waals surface area contributed by atoms with Crippen molar-refractivity contribution in [1.82, 2.24) is 63.6 Å². The minimum absolute atomic E-state index is 0.0237. The summed E-state index contributed by atoms with van der Waals surface area (Å²) in [7, 11) is 1.75. The predicted molar refractivity (Wildman–Crippen MR) is 231 cm³/mol. The Labute approximate surface area is 366 Å². The number of carbonyl (C=O) groups excluding carboxylic acids is 2. The normalized spacial score (nSPS) is 23.2. The zero-order valence-electron chi connectivity index (χ0n) is 35.7. The lowest BCUT2D eigenvalue weighted by Gasteiger charge is -2.49. The van der Waals surface area contributed by atoms with Crippen molar-refractivity contribution in [3.63, 3.8) is 0 Å². The number of hydrogen-bond donors (Lipinski definition) is 1. The van der Waals surface area contributed by atoms with Crippen LogP contribution in [0.2, 0.25) is 0 Å². The van der Waals surface area contributed by atoms with Crippen LogP contribution in [0.15, 0.2) is 53.8 Å². The SMILES string of the molecule is Cn1c(=O)n(C2CCC(=O)NC2=O)c2cccc(N3CC(N4CCN(CC5CCC(n6cc(-n7cc(-c8cnn9ccc(N%10CCOCC%10)nc89)nn7)c(C(F)F)n6)CC5)CC4)C3)c21. The van der Waals surface area contributed by atoms with Crippen molar-refractivity contribution < 1.29 is 23.1 Å². The number of nitrogens with zero attached hydrogens (tertiary/aromatic N) is 14. The third-order valence-corrected chi connectivity index (χ3v) is 14.1. The monoisotopic (exact) mass is 879 g/mol. The van der Waals surface area contributed by atoms with E-state index in [0.29, 0.717) is 54.0 Å². The largest absolute Gasteiger partial charge is 0.378 e. The Morgan fingerprint density at radius 2 is 1.69 bits per heavy atom. The highest BCUT2D eigenvalue weighted by molar-refractivity contribution is 6.00. The van der Waals surface area contributed by atoms with E-state index in [-0.39, 0.29) is 35.4 Å². The molecule has 19 nitrogen and oxygen atoms in total. The van der Waals surface area contributed by atoms with E-state index in [4.69, 9.17) is 9.72 Å². The Balaban J connectivity index is 0.684. The van der Waals surface area contributed by atoms with E-state index in [2.05, 4.69) is 45.4 Å². The Kier molecular flexibility index (Phi) is 10.5. The molecular formula is C43H51F2N15O4. The first-order chi connectivity index (χ1) is 31.2. The number of piperidine rings is 1. The third-order valence-electron chi connectivity index (χ3n) is 14.1. The molecule has 1 saturated carbocycles. The van der Waals surface area contributed by atoms with Gasteiger partial charge in [0.15, 0.2) is 11.3 Å².